The third kappa shape index (κ3) is 4.74. The van der Waals surface area contributed by atoms with Crippen molar-refractivity contribution in [2.75, 3.05) is 7.05 Å². The van der Waals surface area contributed by atoms with E-state index in [4.69, 9.17) is 0 Å². The predicted octanol–water partition coefficient (Wildman–Crippen LogP) is 4.04. The number of benzene rings is 1. The van der Waals surface area contributed by atoms with Gasteiger partial charge >= 0.3 is 6.36 Å². The fourth-order valence-corrected chi connectivity index (χ4v) is 2.19. The van der Waals surface area contributed by atoms with E-state index in [1.165, 1.54) is 31.4 Å². The molecule has 1 fully saturated rings. The molecule has 0 bridgehead atoms. The number of hydrogen-bond donors (Lipinski definition) is 1. The molecule has 1 unspecified atom stereocenters. The SMILES string of the molecule is CNC(CCC1CC1)c1ccc(OC(F)(F)F)cc1. The quantitative estimate of drug-likeness (QED) is 0.844. The largest absolute Gasteiger partial charge is 0.573 e. The lowest BCUT2D eigenvalue weighted by Crippen LogP contribution is -2.18. The average molecular weight is 273 g/mol. The van der Waals surface area contributed by atoms with Crippen molar-refractivity contribution in [3.63, 3.8) is 0 Å². The summed E-state index contributed by atoms with van der Waals surface area (Å²) in [5.74, 6) is 0.678. The maximum atomic E-state index is 12.0. The maximum absolute atomic E-state index is 12.0. The third-order valence-electron chi connectivity index (χ3n) is 3.43. The number of rotatable bonds is 6. The van der Waals surface area contributed by atoms with Gasteiger partial charge in [0.15, 0.2) is 0 Å². The molecule has 1 aliphatic carbocycles. The molecule has 1 aromatic carbocycles. The summed E-state index contributed by atoms with van der Waals surface area (Å²) < 4.78 is 40.0. The van der Waals surface area contributed by atoms with Crippen molar-refractivity contribution in [3.8, 4) is 5.75 Å². The van der Waals surface area contributed by atoms with Crippen LogP contribution in [-0.4, -0.2) is 13.4 Å². The van der Waals surface area contributed by atoms with Gasteiger partial charge in [0.25, 0.3) is 0 Å². The van der Waals surface area contributed by atoms with E-state index >= 15 is 0 Å². The van der Waals surface area contributed by atoms with Crippen molar-refractivity contribution in [2.45, 2.75) is 38.1 Å². The molecule has 1 saturated carbocycles. The van der Waals surface area contributed by atoms with Crippen LogP contribution >= 0.6 is 0 Å². The van der Waals surface area contributed by atoms with Gasteiger partial charge < -0.3 is 10.1 Å². The Morgan fingerprint density at radius 3 is 2.37 bits per heavy atom. The van der Waals surface area contributed by atoms with Crippen LogP contribution in [0.25, 0.3) is 0 Å². The second-order valence-electron chi connectivity index (χ2n) is 4.98. The molecule has 0 saturated heterocycles. The van der Waals surface area contributed by atoms with Crippen LogP contribution < -0.4 is 10.1 Å². The monoisotopic (exact) mass is 273 g/mol. The molecule has 0 aliphatic heterocycles. The van der Waals surface area contributed by atoms with Crippen LogP contribution in [0, 0.1) is 5.92 Å². The second-order valence-corrected chi connectivity index (χ2v) is 4.98. The van der Waals surface area contributed by atoms with Gasteiger partial charge in [0.1, 0.15) is 5.75 Å². The second kappa shape index (κ2) is 5.82. The summed E-state index contributed by atoms with van der Waals surface area (Å²) in [4.78, 5) is 0. The summed E-state index contributed by atoms with van der Waals surface area (Å²) in [5, 5.41) is 3.21. The van der Waals surface area contributed by atoms with Crippen molar-refractivity contribution in [1.82, 2.24) is 5.32 Å². The van der Waals surface area contributed by atoms with Crippen LogP contribution in [0.4, 0.5) is 13.2 Å². The van der Waals surface area contributed by atoms with Crippen LogP contribution in [0.2, 0.25) is 0 Å². The Bertz CT molecular complexity index is 398. The highest BCUT2D eigenvalue weighted by molar-refractivity contribution is 5.29. The number of alkyl halides is 3. The van der Waals surface area contributed by atoms with E-state index in [1.54, 1.807) is 12.1 Å². The van der Waals surface area contributed by atoms with Crippen LogP contribution in [0.1, 0.15) is 37.3 Å². The molecule has 1 atom stereocenters. The first kappa shape index (κ1) is 14.2. The molecule has 106 valence electrons. The zero-order chi connectivity index (χ0) is 13.9. The van der Waals surface area contributed by atoms with Gasteiger partial charge in [0.05, 0.1) is 0 Å². The van der Waals surface area contributed by atoms with E-state index in [0.717, 1.165) is 17.9 Å². The van der Waals surface area contributed by atoms with E-state index in [1.807, 2.05) is 7.05 Å². The van der Waals surface area contributed by atoms with Gasteiger partial charge in [-0.05, 0) is 43.5 Å². The van der Waals surface area contributed by atoms with Crippen molar-refractivity contribution >= 4 is 0 Å². The Morgan fingerprint density at radius 1 is 1.26 bits per heavy atom. The van der Waals surface area contributed by atoms with E-state index in [9.17, 15) is 13.2 Å². The Kier molecular flexibility index (Phi) is 4.34. The van der Waals surface area contributed by atoms with E-state index in [2.05, 4.69) is 10.1 Å². The van der Waals surface area contributed by atoms with Crippen LogP contribution in [-0.2, 0) is 0 Å². The number of halogens is 3. The third-order valence-corrected chi connectivity index (χ3v) is 3.43. The standard InChI is InChI=1S/C14H18F3NO/c1-18-13(9-4-10-2-3-10)11-5-7-12(8-6-11)19-14(15,16)17/h5-8,10,13,18H,2-4,9H2,1H3. The number of nitrogens with one attached hydrogen (secondary N) is 1. The Labute approximate surface area is 111 Å². The summed E-state index contributed by atoms with van der Waals surface area (Å²) in [6, 6.07) is 6.30. The minimum atomic E-state index is -4.63. The average Bonchev–Trinajstić information content (AvgIpc) is 3.14. The van der Waals surface area contributed by atoms with E-state index in [0.29, 0.717) is 0 Å². The van der Waals surface area contributed by atoms with Crippen molar-refractivity contribution in [2.24, 2.45) is 5.92 Å². The highest BCUT2D eigenvalue weighted by atomic mass is 19.4. The first-order valence-electron chi connectivity index (χ1n) is 6.51. The highest BCUT2D eigenvalue weighted by Crippen LogP contribution is 2.36. The topological polar surface area (TPSA) is 21.3 Å². The number of hydrogen-bond acceptors (Lipinski definition) is 2. The normalized spacial score (nSPS) is 17.3. The molecule has 1 N–H and O–H groups in total. The van der Waals surface area contributed by atoms with E-state index < -0.39 is 6.36 Å². The summed E-state index contributed by atoms with van der Waals surface area (Å²) in [7, 11) is 1.87. The van der Waals surface area contributed by atoms with Gasteiger partial charge in [-0.3, -0.25) is 0 Å². The van der Waals surface area contributed by atoms with Gasteiger partial charge in [-0.2, -0.15) is 0 Å². The van der Waals surface area contributed by atoms with Crippen LogP contribution in [0.15, 0.2) is 24.3 Å². The lowest BCUT2D eigenvalue weighted by molar-refractivity contribution is -0.274. The summed E-state index contributed by atoms with van der Waals surface area (Å²) >= 11 is 0. The lowest BCUT2D eigenvalue weighted by atomic mass is 10.0. The Balaban J connectivity index is 1.94. The minimum absolute atomic E-state index is 0.173. The molecule has 1 aromatic rings. The predicted molar refractivity (Wildman–Crippen MR) is 66.9 cm³/mol. The number of ether oxygens (including phenoxy) is 1. The highest BCUT2D eigenvalue weighted by Gasteiger charge is 2.31. The zero-order valence-corrected chi connectivity index (χ0v) is 10.8. The summed E-state index contributed by atoms with van der Waals surface area (Å²) in [6.45, 7) is 0. The fraction of sp³-hybridized carbons (Fsp3) is 0.571. The first-order valence-corrected chi connectivity index (χ1v) is 6.51. The van der Waals surface area contributed by atoms with Crippen molar-refractivity contribution in [3.05, 3.63) is 29.8 Å². The van der Waals surface area contributed by atoms with Gasteiger partial charge in [-0.1, -0.05) is 25.0 Å². The molecule has 0 heterocycles. The van der Waals surface area contributed by atoms with Crippen molar-refractivity contribution < 1.29 is 17.9 Å². The Hall–Kier alpha value is -1.23. The van der Waals surface area contributed by atoms with Crippen LogP contribution in [0.5, 0.6) is 5.75 Å². The molecule has 19 heavy (non-hydrogen) atoms. The molecule has 0 amide bonds. The zero-order valence-electron chi connectivity index (χ0n) is 10.8. The van der Waals surface area contributed by atoms with Crippen LogP contribution in [0.3, 0.4) is 0 Å². The molecule has 0 aromatic heterocycles. The van der Waals surface area contributed by atoms with Gasteiger partial charge in [-0.15, -0.1) is 13.2 Å². The summed E-state index contributed by atoms with van der Waals surface area (Å²) in [6.07, 6.45) is 0.187. The smallest absolute Gasteiger partial charge is 0.406 e. The molecule has 1 aliphatic rings. The maximum Gasteiger partial charge on any atom is 0.573 e. The van der Waals surface area contributed by atoms with Gasteiger partial charge in [0, 0.05) is 6.04 Å². The molecular weight excluding hydrogens is 255 g/mol. The fourth-order valence-electron chi connectivity index (χ4n) is 2.19. The Morgan fingerprint density at radius 2 is 1.89 bits per heavy atom. The van der Waals surface area contributed by atoms with E-state index in [-0.39, 0.29) is 11.8 Å². The molecule has 0 spiro atoms. The first-order chi connectivity index (χ1) is 8.98. The molecule has 5 heteroatoms. The minimum Gasteiger partial charge on any atom is -0.406 e. The van der Waals surface area contributed by atoms with Gasteiger partial charge in [-0.25, -0.2) is 0 Å². The van der Waals surface area contributed by atoms with Gasteiger partial charge in [0.2, 0.25) is 0 Å². The molecular formula is C14H18F3NO. The molecule has 0 radical (unpaired) electrons. The van der Waals surface area contributed by atoms with Crippen molar-refractivity contribution in [1.29, 1.82) is 0 Å². The summed E-state index contributed by atoms with van der Waals surface area (Å²) in [5.41, 5.74) is 0.998. The molecule has 2 nitrogen and oxygen atoms in total. The lowest BCUT2D eigenvalue weighted by Gasteiger charge is -2.17. The molecule has 2 rings (SSSR count).